The molecule has 0 unspecified atom stereocenters. The second kappa shape index (κ2) is 4.97. The summed E-state index contributed by atoms with van der Waals surface area (Å²) in [5, 5.41) is 8.45. The third-order valence-electron chi connectivity index (χ3n) is 3.81. The highest BCUT2D eigenvalue weighted by atomic mass is 16.2. The first-order chi connectivity index (χ1) is 9.31. The van der Waals surface area contributed by atoms with Gasteiger partial charge in [0.25, 0.3) is 5.91 Å². The maximum absolute atomic E-state index is 11.7. The third kappa shape index (κ3) is 2.08. The molecule has 0 aliphatic heterocycles. The third-order valence-corrected chi connectivity index (χ3v) is 3.81. The van der Waals surface area contributed by atoms with E-state index in [9.17, 15) is 4.79 Å². The van der Waals surface area contributed by atoms with Crippen molar-refractivity contribution in [3.05, 3.63) is 29.7 Å². The Kier molecular flexibility index (Phi) is 3.16. The maximum Gasteiger partial charge on any atom is 0.269 e. The van der Waals surface area contributed by atoms with E-state index in [-0.39, 0.29) is 5.91 Å². The van der Waals surface area contributed by atoms with Crippen molar-refractivity contribution in [2.45, 2.75) is 38.0 Å². The Morgan fingerprint density at radius 1 is 1.32 bits per heavy atom. The van der Waals surface area contributed by atoms with Gasteiger partial charge in [0, 0.05) is 12.1 Å². The van der Waals surface area contributed by atoms with Crippen LogP contribution in [0.2, 0.25) is 0 Å². The van der Waals surface area contributed by atoms with Gasteiger partial charge >= 0.3 is 0 Å². The molecule has 3 N–H and O–H groups in total. The number of hydrogen-bond donors (Lipinski definition) is 2. The molecule has 1 fully saturated rings. The van der Waals surface area contributed by atoms with Crippen LogP contribution in [0.15, 0.2) is 18.3 Å². The van der Waals surface area contributed by atoms with Crippen molar-refractivity contribution in [2.24, 2.45) is 5.84 Å². The van der Waals surface area contributed by atoms with Crippen molar-refractivity contribution in [3.8, 4) is 0 Å². The molecule has 0 spiro atoms. The van der Waals surface area contributed by atoms with Gasteiger partial charge in [-0.1, -0.05) is 19.3 Å². The van der Waals surface area contributed by atoms with Crippen LogP contribution >= 0.6 is 0 Å². The average molecular weight is 259 g/mol. The van der Waals surface area contributed by atoms with E-state index < -0.39 is 0 Å². The number of aromatic nitrogens is 3. The molecule has 0 aromatic carbocycles. The van der Waals surface area contributed by atoms with Crippen molar-refractivity contribution in [2.75, 3.05) is 0 Å². The molecule has 100 valence electrons. The SMILES string of the molecule is NNC(=O)c1cccn2c(C3CCCCC3)nnc12. The largest absolute Gasteiger partial charge is 0.290 e. The molecule has 1 amide bonds. The summed E-state index contributed by atoms with van der Waals surface area (Å²) in [6.07, 6.45) is 7.98. The summed E-state index contributed by atoms with van der Waals surface area (Å²) in [6, 6.07) is 3.53. The molecule has 1 saturated carbocycles. The van der Waals surface area contributed by atoms with E-state index in [1.165, 1.54) is 19.3 Å². The first kappa shape index (κ1) is 12.1. The second-order valence-electron chi connectivity index (χ2n) is 4.98. The van der Waals surface area contributed by atoms with Crippen molar-refractivity contribution < 1.29 is 4.79 Å². The lowest BCUT2D eigenvalue weighted by molar-refractivity contribution is 0.0954. The van der Waals surface area contributed by atoms with Gasteiger partial charge in [0.2, 0.25) is 0 Å². The number of nitrogens with two attached hydrogens (primary N) is 1. The van der Waals surface area contributed by atoms with Gasteiger partial charge in [-0.05, 0) is 25.0 Å². The van der Waals surface area contributed by atoms with Crippen LogP contribution in [-0.2, 0) is 0 Å². The predicted octanol–water partition coefficient (Wildman–Crippen LogP) is 1.38. The fourth-order valence-electron chi connectivity index (χ4n) is 2.83. The molecule has 0 radical (unpaired) electrons. The van der Waals surface area contributed by atoms with E-state index in [1.807, 2.05) is 16.7 Å². The van der Waals surface area contributed by atoms with Crippen LogP contribution in [-0.4, -0.2) is 20.5 Å². The van der Waals surface area contributed by atoms with E-state index in [0.29, 0.717) is 17.1 Å². The van der Waals surface area contributed by atoms with Crippen LogP contribution in [0.5, 0.6) is 0 Å². The molecule has 2 heterocycles. The molecular formula is C13H17N5O. The van der Waals surface area contributed by atoms with Crippen LogP contribution in [0, 0.1) is 0 Å². The number of rotatable bonds is 2. The second-order valence-corrected chi connectivity index (χ2v) is 4.98. The van der Waals surface area contributed by atoms with Crippen molar-refractivity contribution >= 4 is 11.6 Å². The molecule has 1 aliphatic carbocycles. The lowest BCUT2D eigenvalue weighted by Gasteiger charge is -2.19. The first-order valence-electron chi connectivity index (χ1n) is 6.66. The Hall–Kier alpha value is -1.95. The van der Waals surface area contributed by atoms with E-state index in [0.717, 1.165) is 18.7 Å². The summed E-state index contributed by atoms with van der Waals surface area (Å²) < 4.78 is 1.92. The van der Waals surface area contributed by atoms with Gasteiger partial charge in [0.1, 0.15) is 5.82 Å². The molecule has 1 aliphatic rings. The molecule has 0 atom stereocenters. The topological polar surface area (TPSA) is 85.3 Å². The number of hydrazine groups is 1. The Bertz CT molecular complexity index is 600. The van der Waals surface area contributed by atoms with Gasteiger partial charge in [-0.2, -0.15) is 0 Å². The van der Waals surface area contributed by atoms with Crippen LogP contribution in [0.4, 0.5) is 0 Å². The number of hydrogen-bond acceptors (Lipinski definition) is 4. The lowest BCUT2D eigenvalue weighted by atomic mass is 9.89. The summed E-state index contributed by atoms with van der Waals surface area (Å²) in [5.41, 5.74) is 3.18. The number of nitrogens with one attached hydrogen (secondary N) is 1. The van der Waals surface area contributed by atoms with Gasteiger partial charge in [-0.15, -0.1) is 10.2 Å². The number of pyridine rings is 1. The molecule has 2 aromatic rings. The van der Waals surface area contributed by atoms with Crippen LogP contribution < -0.4 is 11.3 Å². The summed E-state index contributed by atoms with van der Waals surface area (Å²) >= 11 is 0. The molecular weight excluding hydrogens is 242 g/mol. The van der Waals surface area contributed by atoms with Gasteiger partial charge in [-0.3, -0.25) is 14.6 Å². The standard InChI is InChI=1S/C13H17N5O/c14-15-13(19)10-7-4-8-18-11(16-17-12(10)18)9-5-2-1-3-6-9/h4,7-9H,1-3,5-6,14H2,(H,15,19). The molecule has 0 saturated heterocycles. The quantitative estimate of drug-likeness (QED) is 0.484. The van der Waals surface area contributed by atoms with Crippen LogP contribution in [0.1, 0.15) is 54.2 Å². The van der Waals surface area contributed by atoms with Crippen LogP contribution in [0.3, 0.4) is 0 Å². The van der Waals surface area contributed by atoms with Gasteiger partial charge < -0.3 is 0 Å². The summed E-state index contributed by atoms with van der Waals surface area (Å²) in [5.74, 6) is 6.25. The molecule has 19 heavy (non-hydrogen) atoms. The average Bonchev–Trinajstić information content (AvgIpc) is 2.91. The van der Waals surface area contributed by atoms with Gasteiger partial charge in [-0.25, -0.2) is 5.84 Å². The van der Waals surface area contributed by atoms with Gasteiger partial charge in [0.05, 0.1) is 5.56 Å². The normalized spacial score (nSPS) is 16.7. The maximum atomic E-state index is 11.7. The Morgan fingerprint density at radius 3 is 2.84 bits per heavy atom. The Balaban J connectivity index is 2.05. The number of nitrogens with zero attached hydrogens (tertiary/aromatic N) is 3. The molecule has 6 nitrogen and oxygen atoms in total. The summed E-state index contributed by atoms with van der Waals surface area (Å²) in [6.45, 7) is 0. The minimum Gasteiger partial charge on any atom is -0.290 e. The highest BCUT2D eigenvalue weighted by Crippen LogP contribution is 2.31. The zero-order chi connectivity index (χ0) is 13.2. The van der Waals surface area contributed by atoms with E-state index in [2.05, 4.69) is 15.6 Å². The van der Waals surface area contributed by atoms with E-state index >= 15 is 0 Å². The number of carbonyl (C=O) groups is 1. The van der Waals surface area contributed by atoms with Crippen molar-refractivity contribution in [3.63, 3.8) is 0 Å². The molecule has 6 heteroatoms. The highest BCUT2D eigenvalue weighted by Gasteiger charge is 2.22. The van der Waals surface area contributed by atoms with E-state index in [1.54, 1.807) is 6.07 Å². The molecule has 2 aromatic heterocycles. The minimum absolute atomic E-state index is 0.340. The Morgan fingerprint density at radius 2 is 2.11 bits per heavy atom. The predicted molar refractivity (Wildman–Crippen MR) is 70.5 cm³/mol. The summed E-state index contributed by atoms with van der Waals surface area (Å²) in [4.78, 5) is 11.7. The number of amides is 1. The van der Waals surface area contributed by atoms with Crippen molar-refractivity contribution in [1.82, 2.24) is 20.0 Å². The van der Waals surface area contributed by atoms with Crippen LogP contribution in [0.25, 0.3) is 5.65 Å². The van der Waals surface area contributed by atoms with Gasteiger partial charge in [0.15, 0.2) is 5.65 Å². The number of carbonyl (C=O) groups excluding carboxylic acids is 1. The molecule has 0 bridgehead atoms. The monoisotopic (exact) mass is 259 g/mol. The fraction of sp³-hybridized carbons (Fsp3) is 0.462. The zero-order valence-corrected chi connectivity index (χ0v) is 10.7. The van der Waals surface area contributed by atoms with E-state index in [4.69, 9.17) is 5.84 Å². The Labute approximate surface area is 111 Å². The first-order valence-corrected chi connectivity index (χ1v) is 6.66. The number of fused-ring (bicyclic) bond motifs is 1. The highest BCUT2D eigenvalue weighted by molar-refractivity contribution is 5.99. The number of nitrogen functional groups attached to an aromatic ring is 1. The fourth-order valence-corrected chi connectivity index (χ4v) is 2.83. The summed E-state index contributed by atoms with van der Waals surface area (Å²) in [7, 11) is 0. The minimum atomic E-state index is -0.340. The zero-order valence-electron chi connectivity index (χ0n) is 10.7. The lowest BCUT2D eigenvalue weighted by Crippen LogP contribution is -2.30. The molecule has 3 rings (SSSR count). The van der Waals surface area contributed by atoms with Crippen molar-refractivity contribution in [1.29, 1.82) is 0 Å². The smallest absolute Gasteiger partial charge is 0.269 e.